The van der Waals surface area contributed by atoms with Gasteiger partial charge in [-0.2, -0.15) is 0 Å². The van der Waals surface area contributed by atoms with Crippen molar-refractivity contribution in [2.75, 3.05) is 20.1 Å². The van der Waals surface area contributed by atoms with Gasteiger partial charge in [-0.25, -0.2) is 0 Å². The second kappa shape index (κ2) is 8.35. The summed E-state index contributed by atoms with van der Waals surface area (Å²) in [6.07, 6.45) is 6.84. The molecule has 3 heteroatoms. The van der Waals surface area contributed by atoms with Gasteiger partial charge in [0.05, 0.1) is 6.10 Å². The van der Waals surface area contributed by atoms with E-state index in [2.05, 4.69) is 45.0 Å². The van der Waals surface area contributed by atoms with Crippen molar-refractivity contribution in [3.63, 3.8) is 0 Å². The number of rotatable bonds is 8. The van der Waals surface area contributed by atoms with Crippen LogP contribution in [0.3, 0.4) is 0 Å². The van der Waals surface area contributed by atoms with Gasteiger partial charge in [0.25, 0.3) is 0 Å². The molecule has 0 amide bonds. The zero-order chi connectivity index (χ0) is 15.2. The minimum absolute atomic E-state index is 0.127. The van der Waals surface area contributed by atoms with E-state index >= 15 is 0 Å². The molecule has 1 aliphatic rings. The zero-order valence-electron chi connectivity index (χ0n) is 14.3. The van der Waals surface area contributed by atoms with Gasteiger partial charge in [0.2, 0.25) is 0 Å². The van der Waals surface area contributed by atoms with E-state index in [1.807, 2.05) is 0 Å². The van der Waals surface area contributed by atoms with Gasteiger partial charge in [0.15, 0.2) is 0 Å². The van der Waals surface area contributed by atoms with E-state index in [9.17, 15) is 5.11 Å². The molecular weight excluding hydrogens is 248 g/mol. The van der Waals surface area contributed by atoms with Crippen LogP contribution in [0.15, 0.2) is 0 Å². The third-order valence-electron chi connectivity index (χ3n) is 5.23. The number of aliphatic hydroxyl groups excluding tert-OH is 1. The molecule has 1 fully saturated rings. The summed E-state index contributed by atoms with van der Waals surface area (Å²) in [5.74, 6) is 0. The Morgan fingerprint density at radius 2 is 1.80 bits per heavy atom. The second-order valence-corrected chi connectivity index (χ2v) is 7.08. The average molecular weight is 284 g/mol. The lowest BCUT2D eigenvalue weighted by Crippen LogP contribution is -2.50. The van der Waals surface area contributed by atoms with Crippen LogP contribution in [0.25, 0.3) is 0 Å². The molecule has 0 radical (unpaired) electrons. The van der Waals surface area contributed by atoms with E-state index in [1.165, 1.54) is 25.7 Å². The average Bonchev–Trinajstić information content (AvgIpc) is 2.43. The van der Waals surface area contributed by atoms with Crippen LogP contribution in [0.2, 0.25) is 0 Å². The maximum absolute atomic E-state index is 10.2. The molecule has 2 atom stereocenters. The molecule has 0 aromatic rings. The summed E-state index contributed by atoms with van der Waals surface area (Å²) in [6.45, 7) is 11.2. The molecule has 1 rings (SSSR count). The minimum atomic E-state index is -0.127. The number of likely N-dealkylation sites (N-methyl/N-ethyl adjacent to an activating group) is 1. The second-order valence-electron chi connectivity index (χ2n) is 7.08. The van der Waals surface area contributed by atoms with Crippen molar-refractivity contribution in [2.24, 2.45) is 5.41 Å². The molecule has 0 spiro atoms. The standard InChI is InChI=1S/C17H36N2O/c1-6-17(7-2,12-18-14(3)4)13-19(5)15-10-8-9-11-16(15)20/h14-16,18,20H,6-13H2,1-5H3. The highest BCUT2D eigenvalue weighted by atomic mass is 16.3. The Hall–Kier alpha value is -0.120. The monoisotopic (exact) mass is 284 g/mol. The fourth-order valence-corrected chi connectivity index (χ4v) is 3.45. The Morgan fingerprint density at radius 1 is 1.20 bits per heavy atom. The van der Waals surface area contributed by atoms with Crippen LogP contribution in [0.4, 0.5) is 0 Å². The quantitative estimate of drug-likeness (QED) is 0.719. The fourth-order valence-electron chi connectivity index (χ4n) is 3.45. The summed E-state index contributed by atoms with van der Waals surface area (Å²) < 4.78 is 0. The molecular formula is C17H36N2O. The minimum Gasteiger partial charge on any atom is -0.391 e. The largest absolute Gasteiger partial charge is 0.391 e. The molecule has 1 aliphatic carbocycles. The van der Waals surface area contributed by atoms with Crippen molar-refractivity contribution in [2.45, 2.75) is 84.4 Å². The summed E-state index contributed by atoms with van der Waals surface area (Å²) in [4.78, 5) is 2.43. The summed E-state index contributed by atoms with van der Waals surface area (Å²) >= 11 is 0. The van der Waals surface area contributed by atoms with Gasteiger partial charge in [-0.05, 0) is 38.1 Å². The Balaban J connectivity index is 2.63. The molecule has 0 aromatic heterocycles. The van der Waals surface area contributed by atoms with E-state index in [-0.39, 0.29) is 6.10 Å². The van der Waals surface area contributed by atoms with Gasteiger partial charge in [-0.1, -0.05) is 40.5 Å². The summed E-state index contributed by atoms with van der Waals surface area (Å²) in [6, 6.07) is 0.901. The molecule has 2 unspecified atom stereocenters. The van der Waals surface area contributed by atoms with Crippen molar-refractivity contribution in [3.05, 3.63) is 0 Å². The number of hydrogen-bond donors (Lipinski definition) is 2. The lowest BCUT2D eigenvalue weighted by atomic mass is 9.80. The smallest absolute Gasteiger partial charge is 0.0695 e. The van der Waals surface area contributed by atoms with E-state index in [4.69, 9.17) is 0 Å². The molecule has 0 heterocycles. The van der Waals surface area contributed by atoms with Crippen LogP contribution in [0, 0.1) is 5.41 Å². The number of hydrogen-bond acceptors (Lipinski definition) is 3. The molecule has 20 heavy (non-hydrogen) atoms. The summed E-state index contributed by atoms with van der Waals surface area (Å²) in [7, 11) is 2.20. The Labute approximate surface area is 126 Å². The summed E-state index contributed by atoms with van der Waals surface area (Å²) in [5, 5.41) is 13.9. The van der Waals surface area contributed by atoms with E-state index < -0.39 is 0 Å². The SMILES string of the molecule is CCC(CC)(CNC(C)C)CN(C)C1CCCCC1O. The molecule has 0 aliphatic heterocycles. The van der Waals surface area contributed by atoms with Crippen molar-refractivity contribution >= 4 is 0 Å². The van der Waals surface area contributed by atoms with Crippen molar-refractivity contribution in [1.29, 1.82) is 0 Å². The van der Waals surface area contributed by atoms with Crippen molar-refractivity contribution < 1.29 is 5.11 Å². The maximum Gasteiger partial charge on any atom is 0.0695 e. The Bertz CT molecular complexity index is 264. The van der Waals surface area contributed by atoms with Gasteiger partial charge < -0.3 is 15.3 Å². The first-order chi connectivity index (χ1) is 9.44. The van der Waals surface area contributed by atoms with Crippen LogP contribution >= 0.6 is 0 Å². The molecule has 0 bridgehead atoms. The third kappa shape index (κ3) is 5.01. The molecule has 0 saturated heterocycles. The topological polar surface area (TPSA) is 35.5 Å². The first-order valence-corrected chi connectivity index (χ1v) is 8.56. The highest BCUT2D eigenvalue weighted by molar-refractivity contribution is 4.88. The fraction of sp³-hybridized carbons (Fsp3) is 1.00. The number of nitrogens with one attached hydrogen (secondary N) is 1. The first-order valence-electron chi connectivity index (χ1n) is 8.56. The van der Waals surface area contributed by atoms with Crippen molar-refractivity contribution in [3.8, 4) is 0 Å². The van der Waals surface area contributed by atoms with E-state index in [0.29, 0.717) is 17.5 Å². The van der Waals surface area contributed by atoms with Gasteiger partial charge >= 0.3 is 0 Å². The number of aliphatic hydroxyl groups is 1. The third-order valence-corrected chi connectivity index (χ3v) is 5.23. The van der Waals surface area contributed by atoms with Gasteiger partial charge in [0.1, 0.15) is 0 Å². The molecule has 2 N–H and O–H groups in total. The number of nitrogens with zero attached hydrogens (tertiary/aromatic N) is 1. The van der Waals surface area contributed by atoms with Crippen LogP contribution in [-0.2, 0) is 0 Å². The highest BCUT2D eigenvalue weighted by Gasteiger charge is 2.33. The van der Waals surface area contributed by atoms with E-state index in [1.54, 1.807) is 0 Å². The molecule has 120 valence electrons. The zero-order valence-corrected chi connectivity index (χ0v) is 14.3. The van der Waals surface area contributed by atoms with Crippen LogP contribution in [0.1, 0.15) is 66.2 Å². The van der Waals surface area contributed by atoms with Crippen LogP contribution < -0.4 is 5.32 Å². The maximum atomic E-state index is 10.2. The van der Waals surface area contributed by atoms with Gasteiger partial charge in [0, 0.05) is 25.2 Å². The molecule has 0 aromatic carbocycles. The Morgan fingerprint density at radius 3 is 2.30 bits per heavy atom. The van der Waals surface area contributed by atoms with Crippen LogP contribution in [-0.4, -0.2) is 48.3 Å². The lowest BCUT2D eigenvalue weighted by Gasteiger charge is -2.42. The van der Waals surface area contributed by atoms with Gasteiger partial charge in [-0.15, -0.1) is 0 Å². The lowest BCUT2D eigenvalue weighted by molar-refractivity contribution is 0.00981. The van der Waals surface area contributed by atoms with E-state index in [0.717, 1.165) is 25.9 Å². The predicted octanol–water partition coefficient (Wildman–Crippen LogP) is 3.03. The highest BCUT2D eigenvalue weighted by Crippen LogP contribution is 2.30. The van der Waals surface area contributed by atoms with Gasteiger partial charge in [-0.3, -0.25) is 0 Å². The normalized spacial score (nSPS) is 24.6. The van der Waals surface area contributed by atoms with Crippen LogP contribution in [0.5, 0.6) is 0 Å². The molecule has 3 nitrogen and oxygen atoms in total. The van der Waals surface area contributed by atoms with Crippen molar-refractivity contribution in [1.82, 2.24) is 10.2 Å². The first kappa shape index (κ1) is 17.9. The Kier molecular flexibility index (Phi) is 7.49. The summed E-state index contributed by atoms with van der Waals surface area (Å²) in [5.41, 5.74) is 0.330. The predicted molar refractivity (Wildman–Crippen MR) is 87.0 cm³/mol. The molecule has 1 saturated carbocycles.